The summed E-state index contributed by atoms with van der Waals surface area (Å²) in [7, 11) is -3.87. The fraction of sp³-hybridized carbons (Fsp3) is 0.333. The van der Waals surface area contributed by atoms with Crippen LogP contribution < -0.4 is 10.0 Å². The minimum Gasteiger partial charge on any atom is -0.450 e. The van der Waals surface area contributed by atoms with Crippen molar-refractivity contribution in [1.82, 2.24) is 9.62 Å². The Labute approximate surface area is 211 Å². The molecule has 8 nitrogen and oxygen atoms in total. The number of hydrogen-bond acceptors (Lipinski definition) is 5. The number of amides is 2. The van der Waals surface area contributed by atoms with Gasteiger partial charge in [0.15, 0.2) is 0 Å². The van der Waals surface area contributed by atoms with Gasteiger partial charge in [-0.3, -0.25) is 4.79 Å². The van der Waals surface area contributed by atoms with E-state index in [0.717, 1.165) is 5.56 Å². The van der Waals surface area contributed by atoms with E-state index in [1.165, 1.54) is 6.07 Å². The summed E-state index contributed by atoms with van der Waals surface area (Å²) in [6.45, 7) is 6.67. The molecule has 1 saturated heterocycles. The first-order valence-electron chi connectivity index (χ1n) is 12.0. The predicted molar refractivity (Wildman–Crippen MR) is 140 cm³/mol. The van der Waals surface area contributed by atoms with Gasteiger partial charge in [0.05, 0.1) is 11.5 Å². The van der Waals surface area contributed by atoms with Gasteiger partial charge in [0.2, 0.25) is 10.0 Å². The van der Waals surface area contributed by atoms with Crippen molar-refractivity contribution in [3.8, 4) is 0 Å². The third kappa shape index (κ3) is 5.37. The second-order valence-electron chi connectivity index (χ2n) is 9.06. The monoisotopic (exact) mass is 509 g/mol. The van der Waals surface area contributed by atoms with Gasteiger partial charge in [0.1, 0.15) is 0 Å². The molecule has 9 heteroatoms. The van der Waals surface area contributed by atoms with Crippen molar-refractivity contribution in [1.29, 1.82) is 0 Å². The van der Waals surface area contributed by atoms with Crippen LogP contribution in [0.25, 0.3) is 10.8 Å². The van der Waals surface area contributed by atoms with Gasteiger partial charge >= 0.3 is 6.09 Å². The molecule has 0 unspecified atom stereocenters. The van der Waals surface area contributed by atoms with Gasteiger partial charge in [0.25, 0.3) is 5.91 Å². The van der Waals surface area contributed by atoms with E-state index in [1.807, 2.05) is 32.0 Å². The standard InChI is InChI=1S/C27H31N3O5S/c1-4-35-27(32)30-16-15-23(19(3)17-30)29-36(33,34)25-14-13-24(21-11-7-8-12-22(21)25)28-26(31)20-10-6-5-9-18(20)2/h5-14,19,23,29H,4,15-17H2,1-3H3,(H,28,31)/t19-,23+/m0/s1. The van der Waals surface area contributed by atoms with Crippen LogP contribution in [0.15, 0.2) is 65.6 Å². The summed E-state index contributed by atoms with van der Waals surface area (Å²) in [5.74, 6) is -0.342. The number of anilines is 1. The van der Waals surface area contributed by atoms with Gasteiger partial charge in [-0.25, -0.2) is 17.9 Å². The third-order valence-electron chi connectivity index (χ3n) is 6.55. The van der Waals surface area contributed by atoms with Crippen LogP contribution in [0, 0.1) is 12.8 Å². The Bertz CT molecular complexity index is 1390. The molecular formula is C27H31N3O5S. The molecule has 190 valence electrons. The molecule has 0 aromatic heterocycles. The minimum atomic E-state index is -3.87. The third-order valence-corrected chi connectivity index (χ3v) is 8.10. The molecule has 3 aromatic rings. The Hall–Kier alpha value is -3.43. The zero-order valence-electron chi connectivity index (χ0n) is 20.7. The van der Waals surface area contributed by atoms with Gasteiger partial charge in [-0.05, 0) is 49.9 Å². The van der Waals surface area contributed by atoms with Crippen molar-refractivity contribution in [3.05, 3.63) is 71.8 Å². The largest absolute Gasteiger partial charge is 0.450 e. The SMILES string of the molecule is CCOC(=O)N1CC[C@@H](NS(=O)(=O)c2ccc(NC(=O)c3ccccc3C)c3ccccc23)[C@@H](C)C1. The van der Waals surface area contributed by atoms with Crippen LogP contribution in [0.1, 0.15) is 36.2 Å². The van der Waals surface area contributed by atoms with Gasteiger partial charge < -0.3 is 15.0 Å². The number of carbonyl (C=O) groups excluding carboxylic acids is 2. The zero-order valence-corrected chi connectivity index (χ0v) is 21.5. The molecule has 0 aliphatic carbocycles. The van der Waals surface area contributed by atoms with E-state index in [-0.39, 0.29) is 28.9 Å². The zero-order chi connectivity index (χ0) is 25.9. The molecule has 2 N–H and O–H groups in total. The van der Waals surface area contributed by atoms with Crippen molar-refractivity contribution >= 4 is 38.5 Å². The summed E-state index contributed by atoms with van der Waals surface area (Å²) in [6.07, 6.45) is 0.113. The number of sulfonamides is 1. The van der Waals surface area contributed by atoms with E-state index in [2.05, 4.69) is 10.0 Å². The smallest absolute Gasteiger partial charge is 0.409 e. The van der Waals surface area contributed by atoms with Crippen molar-refractivity contribution in [2.24, 2.45) is 5.92 Å². The van der Waals surface area contributed by atoms with E-state index >= 15 is 0 Å². The molecule has 1 aliphatic heterocycles. The normalized spacial score (nSPS) is 18.1. The maximum atomic E-state index is 13.5. The fourth-order valence-corrected chi connectivity index (χ4v) is 6.19. The van der Waals surface area contributed by atoms with Crippen molar-refractivity contribution in [2.75, 3.05) is 25.0 Å². The summed E-state index contributed by atoms with van der Waals surface area (Å²) in [5.41, 5.74) is 1.95. The van der Waals surface area contributed by atoms with E-state index in [0.29, 0.717) is 48.1 Å². The quantitative estimate of drug-likeness (QED) is 0.507. The first-order valence-corrected chi connectivity index (χ1v) is 13.5. The highest BCUT2D eigenvalue weighted by atomic mass is 32.2. The minimum absolute atomic E-state index is 0.0862. The van der Waals surface area contributed by atoms with E-state index in [1.54, 1.807) is 48.2 Å². The topological polar surface area (TPSA) is 105 Å². The second-order valence-corrected chi connectivity index (χ2v) is 10.7. The molecule has 2 amide bonds. The van der Waals surface area contributed by atoms with Gasteiger partial charge in [-0.1, -0.05) is 49.4 Å². The molecule has 0 saturated carbocycles. The number of hydrogen-bond donors (Lipinski definition) is 2. The number of nitrogens with zero attached hydrogens (tertiary/aromatic N) is 1. The van der Waals surface area contributed by atoms with Crippen molar-refractivity contribution in [3.63, 3.8) is 0 Å². The number of ether oxygens (including phenoxy) is 1. The number of carbonyl (C=O) groups is 2. The summed E-state index contributed by atoms with van der Waals surface area (Å²) >= 11 is 0. The lowest BCUT2D eigenvalue weighted by molar-refractivity contribution is 0.0846. The van der Waals surface area contributed by atoms with Crippen LogP contribution in [0.2, 0.25) is 0 Å². The number of benzene rings is 3. The molecule has 1 heterocycles. The first kappa shape index (κ1) is 25.7. The van der Waals surface area contributed by atoms with Gasteiger partial charge in [-0.15, -0.1) is 0 Å². The average Bonchev–Trinajstić information content (AvgIpc) is 2.85. The predicted octanol–water partition coefficient (Wildman–Crippen LogP) is 4.55. The van der Waals surface area contributed by atoms with Crippen molar-refractivity contribution < 1.29 is 22.7 Å². The van der Waals surface area contributed by atoms with E-state index < -0.39 is 10.0 Å². The maximum Gasteiger partial charge on any atom is 0.409 e. The summed E-state index contributed by atoms with van der Waals surface area (Å²) in [5, 5.41) is 4.08. The van der Waals surface area contributed by atoms with Crippen LogP contribution >= 0.6 is 0 Å². The number of aryl methyl sites for hydroxylation is 1. The molecule has 36 heavy (non-hydrogen) atoms. The number of nitrogens with one attached hydrogen (secondary N) is 2. The molecule has 2 atom stereocenters. The summed E-state index contributed by atoms with van der Waals surface area (Å²) in [4.78, 5) is 26.7. The van der Waals surface area contributed by atoms with E-state index in [9.17, 15) is 18.0 Å². The first-order chi connectivity index (χ1) is 17.2. The maximum absolute atomic E-state index is 13.5. The number of rotatable bonds is 6. The average molecular weight is 510 g/mol. The fourth-order valence-electron chi connectivity index (χ4n) is 4.60. The van der Waals surface area contributed by atoms with E-state index in [4.69, 9.17) is 4.74 Å². The Morgan fingerprint density at radius 2 is 1.72 bits per heavy atom. The Kier molecular flexibility index (Phi) is 7.61. The number of likely N-dealkylation sites (tertiary alicyclic amines) is 1. The highest BCUT2D eigenvalue weighted by Crippen LogP contribution is 2.31. The molecule has 3 aromatic carbocycles. The summed E-state index contributed by atoms with van der Waals surface area (Å²) < 4.78 is 34.9. The summed E-state index contributed by atoms with van der Waals surface area (Å²) in [6, 6.07) is 17.2. The molecule has 0 bridgehead atoms. The number of fused-ring (bicyclic) bond motifs is 1. The Morgan fingerprint density at radius 1 is 1.03 bits per heavy atom. The van der Waals surface area contributed by atoms with Crippen molar-refractivity contribution in [2.45, 2.75) is 38.1 Å². The molecular weight excluding hydrogens is 478 g/mol. The Morgan fingerprint density at radius 3 is 2.42 bits per heavy atom. The van der Waals surface area contributed by atoms with Crippen LogP contribution in [0.3, 0.4) is 0 Å². The lowest BCUT2D eigenvalue weighted by Crippen LogP contribution is -2.51. The lowest BCUT2D eigenvalue weighted by Gasteiger charge is -2.36. The highest BCUT2D eigenvalue weighted by molar-refractivity contribution is 7.89. The lowest BCUT2D eigenvalue weighted by atomic mass is 9.95. The van der Waals surface area contributed by atoms with Gasteiger partial charge in [-0.2, -0.15) is 0 Å². The number of piperidine rings is 1. The molecule has 0 radical (unpaired) electrons. The van der Waals surface area contributed by atoms with Crippen LogP contribution in [-0.4, -0.2) is 51.1 Å². The second kappa shape index (κ2) is 10.7. The van der Waals surface area contributed by atoms with Crippen LogP contribution in [0.5, 0.6) is 0 Å². The molecule has 0 spiro atoms. The molecule has 4 rings (SSSR count). The van der Waals surface area contributed by atoms with Gasteiger partial charge in [0, 0.05) is 41.2 Å². The highest BCUT2D eigenvalue weighted by Gasteiger charge is 2.33. The van der Waals surface area contributed by atoms with Crippen LogP contribution in [-0.2, 0) is 14.8 Å². The Balaban J connectivity index is 1.57. The molecule has 1 aliphatic rings. The van der Waals surface area contributed by atoms with Crippen LogP contribution in [0.4, 0.5) is 10.5 Å². The molecule has 1 fully saturated rings.